The van der Waals surface area contributed by atoms with Crippen molar-refractivity contribution in [3.8, 4) is 11.5 Å². The molecule has 1 atom stereocenters. The van der Waals surface area contributed by atoms with Crippen LogP contribution in [-0.2, 0) is 26.2 Å². The second-order valence-electron chi connectivity index (χ2n) is 9.02. The summed E-state index contributed by atoms with van der Waals surface area (Å²) in [5.74, 6) is -0.348. The molecule has 9 nitrogen and oxygen atoms in total. The quantitative estimate of drug-likeness (QED) is 0.336. The van der Waals surface area contributed by atoms with Crippen LogP contribution in [0.3, 0.4) is 0 Å². The van der Waals surface area contributed by atoms with Gasteiger partial charge in [0.05, 0.1) is 24.8 Å². The van der Waals surface area contributed by atoms with Crippen LogP contribution >= 0.6 is 11.6 Å². The second-order valence-corrected chi connectivity index (χ2v) is 11.3. The summed E-state index contributed by atoms with van der Waals surface area (Å²) in [5, 5.41) is 3.03. The molecule has 0 unspecified atom stereocenters. The van der Waals surface area contributed by atoms with Gasteiger partial charge in [-0.2, -0.15) is 0 Å². The van der Waals surface area contributed by atoms with E-state index in [1.54, 1.807) is 55.5 Å². The van der Waals surface area contributed by atoms with Crippen molar-refractivity contribution >= 4 is 39.1 Å². The summed E-state index contributed by atoms with van der Waals surface area (Å²) in [4.78, 5) is 28.1. The van der Waals surface area contributed by atoms with E-state index in [1.807, 2.05) is 6.92 Å². The third-order valence-electron chi connectivity index (χ3n) is 6.47. The van der Waals surface area contributed by atoms with E-state index in [0.29, 0.717) is 28.4 Å². The fourth-order valence-corrected chi connectivity index (χ4v) is 5.87. The van der Waals surface area contributed by atoms with Gasteiger partial charge < -0.3 is 19.7 Å². The maximum atomic E-state index is 14.0. The van der Waals surface area contributed by atoms with E-state index in [1.165, 1.54) is 44.4 Å². The van der Waals surface area contributed by atoms with Crippen LogP contribution in [0.25, 0.3) is 0 Å². The van der Waals surface area contributed by atoms with E-state index >= 15 is 0 Å². The van der Waals surface area contributed by atoms with E-state index in [-0.39, 0.29) is 23.1 Å². The molecule has 0 radical (unpaired) electrons. The molecule has 0 saturated heterocycles. The first-order valence-corrected chi connectivity index (χ1v) is 14.4. The average Bonchev–Trinajstić information content (AvgIpc) is 2.96. The zero-order valence-corrected chi connectivity index (χ0v) is 24.8. The van der Waals surface area contributed by atoms with Gasteiger partial charge in [-0.25, -0.2) is 8.42 Å². The Morgan fingerprint density at radius 3 is 2.20 bits per heavy atom. The maximum absolute atomic E-state index is 14.0. The number of sulfonamides is 1. The summed E-state index contributed by atoms with van der Waals surface area (Å²) in [6.07, 6.45) is 0.308. The molecule has 2 amide bonds. The molecule has 214 valence electrons. The van der Waals surface area contributed by atoms with E-state index < -0.39 is 28.5 Å². The zero-order chi connectivity index (χ0) is 29.4. The number of nitrogens with zero attached hydrogens (tertiary/aromatic N) is 2. The Labute approximate surface area is 240 Å². The fourth-order valence-electron chi connectivity index (χ4n) is 4.24. The molecule has 1 N–H and O–H groups in total. The van der Waals surface area contributed by atoms with Gasteiger partial charge in [0.15, 0.2) is 11.5 Å². The number of carbonyl (C=O) groups excluding carboxylic acids is 2. The average molecular weight is 588 g/mol. The molecule has 0 fully saturated rings. The number of likely N-dealkylation sites (N-methyl/N-ethyl adjacent to an activating group) is 1. The van der Waals surface area contributed by atoms with Crippen molar-refractivity contribution in [1.29, 1.82) is 0 Å². The predicted molar refractivity (Wildman–Crippen MR) is 155 cm³/mol. The van der Waals surface area contributed by atoms with Crippen LogP contribution in [-0.4, -0.2) is 59.0 Å². The third-order valence-corrected chi connectivity index (χ3v) is 8.61. The summed E-state index contributed by atoms with van der Waals surface area (Å²) in [5.41, 5.74) is 1.84. The molecule has 0 aliphatic carbocycles. The largest absolute Gasteiger partial charge is 0.493 e. The van der Waals surface area contributed by atoms with Crippen LogP contribution in [0.5, 0.6) is 11.5 Å². The number of aryl methyl sites for hydroxylation is 1. The summed E-state index contributed by atoms with van der Waals surface area (Å²) in [6.45, 7) is 3.12. The lowest BCUT2D eigenvalue weighted by Crippen LogP contribution is -2.51. The SMILES string of the molecule is CC[C@H](C(=O)NC)N(Cc1ccccc1Cl)C(=O)CN(c1ccc(C)cc1)S(=O)(=O)c1ccc(OC)c(OC)c1. The number of carbonyl (C=O) groups is 2. The highest BCUT2D eigenvalue weighted by atomic mass is 35.5. The molecule has 0 bridgehead atoms. The lowest BCUT2D eigenvalue weighted by atomic mass is 10.1. The predicted octanol–water partition coefficient (Wildman–Crippen LogP) is 4.41. The number of nitrogens with one attached hydrogen (secondary N) is 1. The number of hydrogen-bond donors (Lipinski definition) is 1. The van der Waals surface area contributed by atoms with Crippen LogP contribution in [0.2, 0.25) is 5.02 Å². The number of ether oxygens (including phenoxy) is 2. The third kappa shape index (κ3) is 6.86. The minimum Gasteiger partial charge on any atom is -0.493 e. The number of hydrogen-bond acceptors (Lipinski definition) is 6. The number of rotatable bonds is 12. The molecule has 0 spiro atoms. The molecule has 0 aliphatic rings. The smallest absolute Gasteiger partial charge is 0.264 e. The normalized spacial score (nSPS) is 11.8. The van der Waals surface area contributed by atoms with Crippen molar-refractivity contribution in [3.63, 3.8) is 0 Å². The van der Waals surface area contributed by atoms with E-state index in [4.69, 9.17) is 21.1 Å². The summed E-state index contributed by atoms with van der Waals surface area (Å²) < 4.78 is 39.7. The lowest BCUT2D eigenvalue weighted by molar-refractivity contribution is -0.140. The monoisotopic (exact) mass is 587 g/mol. The van der Waals surface area contributed by atoms with Crippen molar-refractivity contribution in [3.05, 3.63) is 82.9 Å². The molecule has 0 aliphatic heterocycles. The summed E-state index contributed by atoms with van der Waals surface area (Å²) in [7, 11) is 0.0810. The Hall–Kier alpha value is -3.76. The number of anilines is 1. The lowest BCUT2D eigenvalue weighted by Gasteiger charge is -2.33. The van der Waals surface area contributed by atoms with Gasteiger partial charge in [0.1, 0.15) is 12.6 Å². The number of halogens is 1. The maximum Gasteiger partial charge on any atom is 0.264 e. The first-order valence-electron chi connectivity index (χ1n) is 12.6. The highest BCUT2D eigenvalue weighted by Crippen LogP contribution is 2.32. The van der Waals surface area contributed by atoms with Gasteiger partial charge in [-0.3, -0.25) is 13.9 Å². The number of benzene rings is 3. The van der Waals surface area contributed by atoms with E-state index in [0.717, 1.165) is 9.87 Å². The first-order chi connectivity index (χ1) is 19.1. The van der Waals surface area contributed by atoms with Crippen LogP contribution in [0.4, 0.5) is 5.69 Å². The van der Waals surface area contributed by atoms with Gasteiger partial charge in [-0.15, -0.1) is 0 Å². The van der Waals surface area contributed by atoms with Gasteiger partial charge in [-0.1, -0.05) is 54.4 Å². The Morgan fingerprint density at radius 1 is 0.975 bits per heavy atom. The molecular weight excluding hydrogens is 554 g/mol. The molecular formula is C29H34ClN3O6S. The molecule has 3 rings (SSSR count). The van der Waals surface area contributed by atoms with Crippen molar-refractivity contribution < 1.29 is 27.5 Å². The van der Waals surface area contributed by atoms with Crippen LogP contribution < -0.4 is 19.1 Å². The number of amides is 2. The van der Waals surface area contributed by atoms with E-state index in [2.05, 4.69) is 5.32 Å². The molecule has 3 aromatic rings. The Kier molecular flexibility index (Phi) is 10.4. The van der Waals surface area contributed by atoms with Crippen molar-refractivity contribution in [2.24, 2.45) is 0 Å². The molecule has 40 heavy (non-hydrogen) atoms. The molecule has 3 aromatic carbocycles. The molecule has 0 saturated carbocycles. The van der Waals surface area contributed by atoms with Crippen molar-refractivity contribution in [2.75, 3.05) is 32.1 Å². The Balaban J connectivity index is 2.10. The molecule has 0 heterocycles. The van der Waals surface area contributed by atoms with E-state index in [9.17, 15) is 18.0 Å². The summed E-state index contributed by atoms with van der Waals surface area (Å²) >= 11 is 6.39. The second kappa shape index (κ2) is 13.5. The minimum atomic E-state index is -4.27. The highest BCUT2D eigenvalue weighted by molar-refractivity contribution is 7.92. The van der Waals surface area contributed by atoms with Gasteiger partial charge >= 0.3 is 0 Å². The van der Waals surface area contributed by atoms with Gasteiger partial charge in [0, 0.05) is 24.7 Å². The van der Waals surface area contributed by atoms with Gasteiger partial charge in [0.2, 0.25) is 11.8 Å². The standard InChI is InChI=1S/C29H34ClN3O6S/c1-6-25(29(35)31-3)32(18-21-9-7-8-10-24(21)30)28(34)19-33(22-13-11-20(2)12-14-22)40(36,37)23-15-16-26(38-4)27(17-23)39-5/h7-17,25H,6,18-19H2,1-5H3,(H,31,35)/t25-/m1/s1. The first kappa shape index (κ1) is 30.8. The fraction of sp³-hybridized carbons (Fsp3) is 0.310. The minimum absolute atomic E-state index is 0.0164. The van der Waals surface area contributed by atoms with Crippen molar-refractivity contribution in [1.82, 2.24) is 10.2 Å². The van der Waals surface area contributed by atoms with Crippen LogP contribution in [0.15, 0.2) is 71.6 Å². The Bertz CT molecular complexity index is 1450. The van der Waals surface area contributed by atoms with Crippen LogP contribution in [0, 0.1) is 6.92 Å². The molecule has 11 heteroatoms. The molecule has 0 aromatic heterocycles. The summed E-state index contributed by atoms with van der Waals surface area (Å²) in [6, 6.07) is 17.2. The highest BCUT2D eigenvalue weighted by Gasteiger charge is 2.34. The van der Waals surface area contributed by atoms with Gasteiger partial charge in [-0.05, 0) is 49.2 Å². The Morgan fingerprint density at radius 2 is 1.62 bits per heavy atom. The van der Waals surface area contributed by atoms with Gasteiger partial charge in [0.25, 0.3) is 10.0 Å². The van der Waals surface area contributed by atoms with Crippen LogP contribution in [0.1, 0.15) is 24.5 Å². The number of methoxy groups -OCH3 is 2. The zero-order valence-electron chi connectivity index (χ0n) is 23.2. The topological polar surface area (TPSA) is 105 Å². The van der Waals surface area contributed by atoms with Crippen molar-refractivity contribution in [2.45, 2.75) is 37.8 Å².